The Morgan fingerprint density at radius 2 is 2.00 bits per heavy atom. The van der Waals surface area contributed by atoms with E-state index in [0.717, 1.165) is 15.7 Å². The third-order valence-corrected chi connectivity index (χ3v) is 3.99. The van der Waals surface area contributed by atoms with Gasteiger partial charge in [0.2, 0.25) is 5.91 Å². The zero-order valence-corrected chi connectivity index (χ0v) is 14.1. The fourth-order valence-electron chi connectivity index (χ4n) is 2.41. The van der Waals surface area contributed by atoms with E-state index in [4.69, 9.17) is 4.74 Å². The summed E-state index contributed by atoms with van der Waals surface area (Å²) in [6.07, 6.45) is 0. The van der Waals surface area contributed by atoms with Crippen LogP contribution in [0.3, 0.4) is 0 Å². The molecule has 1 N–H and O–H groups in total. The SMILES string of the molecule is Cc1ccc2c(c1)OC(=O)CN2CC(=O)Nc1ccc(Br)cc1. The highest BCUT2D eigenvalue weighted by molar-refractivity contribution is 9.10. The van der Waals surface area contributed by atoms with Gasteiger partial charge in [-0.2, -0.15) is 0 Å². The highest BCUT2D eigenvalue weighted by atomic mass is 79.9. The fraction of sp³-hybridized carbons (Fsp3) is 0.176. The van der Waals surface area contributed by atoms with Gasteiger partial charge in [0.25, 0.3) is 0 Å². The number of anilines is 2. The summed E-state index contributed by atoms with van der Waals surface area (Å²) in [6, 6.07) is 12.9. The third kappa shape index (κ3) is 3.71. The molecule has 0 unspecified atom stereocenters. The minimum Gasteiger partial charge on any atom is -0.423 e. The second-order valence-corrected chi connectivity index (χ2v) is 6.27. The number of carbonyl (C=O) groups is 2. The Morgan fingerprint density at radius 1 is 1.26 bits per heavy atom. The number of amides is 1. The summed E-state index contributed by atoms with van der Waals surface area (Å²) < 4.78 is 6.18. The minimum absolute atomic E-state index is 0.0593. The Morgan fingerprint density at radius 3 is 2.74 bits per heavy atom. The lowest BCUT2D eigenvalue weighted by atomic mass is 10.1. The summed E-state index contributed by atoms with van der Waals surface area (Å²) in [4.78, 5) is 25.7. The van der Waals surface area contributed by atoms with Crippen molar-refractivity contribution in [3.8, 4) is 5.75 Å². The number of hydrogen-bond acceptors (Lipinski definition) is 4. The topological polar surface area (TPSA) is 58.6 Å². The lowest BCUT2D eigenvalue weighted by Crippen LogP contribution is -2.41. The van der Waals surface area contributed by atoms with Crippen LogP contribution in [0.5, 0.6) is 5.75 Å². The van der Waals surface area contributed by atoms with Crippen LogP contribution < -0.4 is 15.0 Å². The first-order valence-electron chi connectivity index (χ1n) is 7.13. The zero-order valence-electron chi connectivity index (χ0n) is 12.5. The predicted molar refractivity (Wildman–Crippen MR) is 91.8 cm³/mol. The molecule has 0 aliphatic carbocycles. The first-order chi connectivity index (χ1) is 11.0. The molecule has 0 aromatic heterocycles. The summed E-state index contributed by atoms with van der Waals surface area (Å²) in [5.41, 5.74) is 2.46. The van der Waals surface area contributed by atoms with E-state index < -0.39 is 0 Å². The normalized spacial score (nSPS) is 13.3. The Bertz CT molecular complexity index is 759. The molecule has 0 fully saturated rings. The number of nitrogens with one attached hydrogen (secondary N) is 1. The Kier molecular flexibility index (Phi) is 4.34. The van der Waals surface area contributed by atoms with Crippen LogP contribution in [-0.4, -0.2) is 25.0 Å². The van der Waals surface area contributed by atoms with Crippen molar-refractivity contribution in [3.05, 3.63) is 52.5 Å². The van der Waals surface area contributed by atoms with Gasteiger partial charge >= 0.3 is 5.97 Å². The number of carbonyl (C=O) groups excluding carboxylic acids is 2. The van der Waals surface area contributed by atoms with E-state index in [-0.39, 0.29) is 25.0 Å². The average Bonchev–Trinajstić information content (AvgIpc) is 2.49. The molecule has 118 valence electrons. The molecular formula is C17H15BrN2O3. The summed E-state index contributed by atoms with van der Waals surface area (Å²) in [7, 11) is 0. The highest BCUT2D eigenvalue weighted by Crippen LogP contribution is 2.32. The van der Waals surface area contributed by atoms with Crippen molar-refractivity contribution in [1.82, 2.24) is 0 Å². The van der Waals surface area contributed by atoms with Crippen LogP contribution in [0.4, 0.5) is 11.4 Å². The van der Waals surface area contributed by atoms with E-state index in [1.807, 2.05) is 43.3 Å². The van der Waals surface area contributed by atoms with E-state index in [1.165, 1.54) is 0 Å². The summed E-state index contributed by atoms with van der Waals surface area (Å²) in [5, 5.41) is 2.82. The first kappa shape index (κ1) is 15.6. The largest absolute Gasteiger partial charge is 0.423 e. The molecule has 1 heterocycles. The second-order valence-electron chi connectivity index (χ2n) is 5.36. The molecule has 2 aromatic carbocycles. The van der Waals surface area contributed by atoms with E-state index in [2.05, 4.69) is 21.2 Å². The van der Waals surface area contributed by atoms with Gasteiger partial charge < -0.3 is 15.0 Å². The van der Waals surface area contributed by atoms with E-state index in [9.17, 15) is 9.59 Å². The fourth-order valence-corrected chi connectivity index (χ4v) is 2.67. The predicted octanol–water partition coefficient (Wildman–Crippen LogP) is 3.12. The van der Waals surface area contributed by atoms with Gasteiger partial charge in [-0.15, -0.1) is 0 Å². The monoisotopic (exact) mass is 374 g/mol. The van der Waals surface area contributed by atoms with Gasteiger partial charge in [-0.1, -0.05) is 22.0 Å². The van der Waals surface area contributed by atoms with Gasteiger partial charge in [-0.25, -0.2) is 4.79 Å². The number of rotatable bonds is 3. The number of benzene rings is 2. The summed E-state index contributed by atoms with van der Waals surface area (Å²) in [6.45, 7) is 2.07. The highest BCUT2D eigenvalue weighted by Gasteiger charge is 2.25. The molecule has 1 amide bonds. The standard InChI is InChI=1S/C17H15BrN2O3/c1-11-2-7-14-15(8-11)23-17(22)10-20(14)9-16(21)19-13-5-3-12(18)4-6-13/h2-8H,9-10H2,1H3,(H,19,21). The van der Waals surface area contributed by atoms with E-state index >= 15 is 0 Å². The van der Waals surface area contributed by atoms with E-state index in [1.54, 1.807) is 11.0 Å². The summed E-state index contributed by atoms with van der Waals surface area (Å²) >= 11 is 3.35. The van der Waals surface area contributed by atoms with Gasteiger partial charge in [0, 0.05) is 10.2 Å². The molecule has 0 saturated heterocycles. The molecule has 23 heavy (non-hydrogen) atoms. The summed E-state index contributed by atoms with van der Waals surface area (Å²) in [5.74, 6) is -0.0502. The zero-order chi connectivity index (χ0) is 16.4. The minimum atomic E-state index is -0.362. The van der Waals surface area contributed by atoms with Gasteiger partial charge in [-0.05, 0) is 48.9 Å². The Balaban J connectivity index is 1.73. The molecule has 0 bridgehead atoms. The molecule has 5 nitrogen and oxygen atoms in total. The quantitative estimate of drug-likeness (QED) is 0.662. The number of ether oxygens (including phenoxy) is 1. The van der Waals surface area contributed by atoms with E-state index in [0.29, 0.717) is 11.4 Å². The number of aryl methyl sites for hydroxylation is 1. The van der Waals surface area contributed by atoms with Gasteiger partial charge in [0.15, 0.2) is 5.75 Å². The van der Waals surface area contributed by atoms with Crippen molar-refractivity contribution in [2.24, 2.45) is 0 Å². The maximum Gasteiger partial charge on any atom is 0.331 e. The first-order valence-corrected chi connectivity index (χ1v) is 7.92. The molecule has 0 radical (unpaired) electrons. The van der Waals surface area contributed by atoms with Crippen molar-refractivity contribution < 1.29 is 14.3 Å². The van der Waals surface area contributed by atoms with Crippen molar-refractivity contribution in [2.75, 3.05) is 23.3 Å². The van der Waals surface area contributed by atoms with Crippen LogP contribution in [0.1, 0.15) is 5.56 Å². The number of esters is 1. The van der Waals surface area contributed by atoms with Crippen molar-refractivity contribution in [3.63, 3.8) is 0 Å². The number of fused-ring (bicyclic) bond motifs is 1. The van der Waals surface area contributed by atoms with Crippen molar-refractivity contribution in [1.29, 1.82) is 0 Å². The molecule has 0 spiro atoms. The average molecular weight is 375 g/mol. The molecule has 1 aliphatic heterocycles. The molecule has 0 saturated carbocycles. The third-order valence-electron chi connectivity index (χ3n) is 3.46. The van der Waals surface area contributed by atoms with Crippen molar-refractivity contribution in [2.45, 2.75) is 6.92 Å². The van der Waals surface area contributed by atoms with Gasteiger partial charge in [0.1, 0.15) is 6.54 Å². The van der Waals surface area contributed by atoms with Crippen LogP contribution in [0, 0.1) is 6.92 Å². The molecule has 6 heteroatoms. The van der Waals surface area contributed by atoms with Crippen LogP contribution >= 0.6 is 15.9 Å². The molecule has 3 rings (SSSR count). The Labute approximate surface area is 142 Å². The van der Waals surface area contributed by atoms with Crippen LogP contribution in [0.15, 0.2) is 46.9 Å². The number of hydrogen-bond donors (Lipinski definition) is 1. The molecular weight excluding hydrogens is 360 g/mol. The van der Waals surface area contributed by atoms with Gasteiger partial charge in [-0.3, -0.25) is 4.79 Å². The molecule has 1 aliphatic rings. The van der Waals surface area contributed by atoms with Crippen molar-refractivity contribution >= 4 is 39.2 Å². The van der Waals surface area contributed by atoms with Crippen LogP contribution in [-0.2, 0) is 9.59 Å². The number of halogens is 1. The number of nitrogens with zero attached hydrogens (tertiary/aromatic N) is 1. The smallest absolute Gasteiger partial charge is 0.331 e. The maximum absolute atomic E-state index is 12.2. The van der Waals surface area contributed by atoms with Crippen LogP contribution in [0.2, 0.25) is 0 Å². The lowest BCUT2D eigenvalue weighted by molar-refractivity contribution is -0.133. The lowest BCUT2D eigenvalue weighted by Gasteiger charge is -2.29. The Hall–Kier alpha value is -2.34. The molecule has 0 atom stereocenters. The van der Waals surface area contributed by atoms with Gasteiger partial charge in [0.05, 0.1) is 12.2 Å². The van der Waals surface area contributed by atoms with Crippen LogP contribution in [0.25, 0.3) is 0 Å². The second kappa shape index (κ2) is 6.42. The maximum atomic E-state index is 12.2. The molecule has 2 aromatic rings.